The fraction of sp³-hybridized carbons (Fsp3) is 0.333. The molecule has 0 saturated carbocycles. The van der Waals surface area contributed by atoms with Gasteiger partial charge < -0.3 is 19.4 Å². The lowest BCUT2D eigenvalue weighted by molar-refractivity contribution is 0.0367. The van der Waals surface area contributed by atoms with Crippen LogP contribution in [0.3, 0.4) is 0 Å². The van der Waals surface area contributed by atoms with Gasteiger partial charge in [-0.25, -0.2) is 0 Å². The molecule has 0 aliphatic rings. The number of likely N-dealkylation sites (N-methyl/N-ethyl adjacent to an activating group) is 1. The van der Waals surface area contributed by atoms with Gasteiger partial charge in [0.2, 0.25) is 0 Å². The molecule has 0 aliphatic heterocycles. The summed E-state index contributed by atoms with van der Waals surface area (Å²) in [6.07, 6.45) is 1.50. The molecule has 0 aromatic carbocycles. The van der Waals surface area contributed by atoms with E-state index in [0.717, 1.165) is 0 Å². The zero-order valence-corrected chi connectivity index (χ0v) is 12.2. The predicted octanol–water partition coefficient (Wildman–Crippen LogP) is 1.48. The number of hydrogen-bond donors (Lipinski definition) is 2. The normalized spacial score (nSPS) is 11.4. The highest BCUT2D eigenvalue weighted by Gasteiger charge is 2.22. The molecular weight excluding hydrogens is 272 g/mol. The highest BCUT2D eigenvalue weighted by atomic mass is 16.3. The zero-order chi connectivity index (χ0) is 15.6. The lowest BCUT2D eigenvalue weighted by atomic mass is 10.1. The molecule has 21 heavy (non-hydrogen) atoms. The van der Waals surface area contributed by atoms with Gasteiger partial charge in [-0.3, -0.25) is 9.59 Å². The molecule has 6 heteroatoms. The molecule has 0 atom stereocenters. The number of carbonyl (C=O) groups is 1. The average molecular weight is 290 g/mol. The number of nitrogens with zero attached hydrogens (tertiary/aromatic N) is 1. The average Bonchev–Trinajstić information content (AvgIpc) is 2.89. The van der Waals surface area contributed by atoms with Gasteiger partial charge in [0.15, 0.2) is 0 Å². The summed E-state index contributed by atoms with van der Waals surface area (Å²) in [5, 5.41) is 9.73. The Morgan fingerprint density at radius 1 is 1.38 bits per heavy atom. The van der Waals surface area contributed by atoms with Gasteiger partial charge in [-0.05, 0) is 38.1 Å². The number of hydrogen-bond acceptors (Lipinski definition) is 4. The maximum atomic E-state index is 12.2. The molecule has 0 fully saturated rings. The summed E-state index contributed by atoms with van der Waals surface area (Å²) in [5.41, 5.74) is -0.981. The van der Waals surface area contributed by atoms with Crippen LogP contribution in [-0.4, -0.2) is 40.1 Å². The molecule has 0 aliphatic carbocycles. The van der Waals surface area contributed by atoms with Crippen LogP contribution < -0.4 is 5.56 Å². The van der Waals surface area contributed by atoms with E-state index in [4.69, 9.17) is 4.42 Å². The first-order valence-corrected chi connectivity index (χ1v) is 6.53. The summed E-state index contributed by atoms with van der Waals surface area (Å²) in [4.78, 5) is 28.2. The summed E-state index contributed by atoms with van der Waals surface area (Å²) in [5.74, 6) is 0.0836. The summed E-state index contributed by atoms with van der Waals surface area (Å²) in [7, 11) is 1.54. The number of pyridine rings is 1. The number of aliphatic hydroxyl groups is 1. The van der Waals surface area contributed by atoms with E-state index < -0.39 is 17.1 Å². The van der Waals surface area contributed by atoms with Crippen LogP contribution in [0.5, 0.6) is 0 Å². The van der Waals surface area contributed by atoms with Crippen LogP contribution in [0.1, 0.15) is 24.2 Å². The molecule has 0 radical (unpaired) electrons. The molecule has 0 unspecified atom stereocenters. The molecule has 112 valence electrons. The van der Waals surface area contributed by atoms with Crippen molar-refractivity contribution < 1.29 is 14.3 Å². The lowest BCUT2D eigenvalue weighted by Gasteiger charge is -2.25. The van der Waals surface area contributed by atoms with Gasteiger partial charge >= 0.3 is 0 Å². The van der Waals surface area contributed by atoms with Gasteiger partial charge in [-0.1, -0.05) is 0 Å². The van der Waals surface area contributed by atoms with Gasteiger partial charge in [0, 0.05) is 13.6 Å². The quantitative estimate of drug-likeness (QED) is 0.893. The number of carbonyl (C=O) groups excluding carboxylic acids is 1. The monoisotopic (exact) mass is 290 g/mol. The Balaban J connectivity index is 2.25. The molecule has 2 N–H and O–H groups in total. The maximum Gasteiger partial charge on any atom is 0.261 e. The smallest absolute Gasteiger partial charge is 0.261 e. The first-order chi connectivity index (χ1) is 9.78. The van der Waals surface area contributed by atoms with Crippen molar-refractivity contribution in [1.29, 1.82) is 0 Å². The van der Waals surface area contributed by atoms with E-state index in [1.807, 2.05) is 0 Å². The molecule has 0 saturated heterocycles. The van der Waals surface area contributed by atoms with Crippen molar-refractivity contribution in [1.82, 2.24) is 9.88 Å². The molecule has 2 aromatic heterocycles. The van der Waals surface area contributed by atoms with Crippen molar-refractivity contribution in [2.45, 2.75) is 19.4 Å². The number of rotatable bonds is 4. The zero-order valence-electron chi connectivity index (χ0n) is 12.2. The van der Waals surface area contributed by atoms with Gasteiger partial charge in [-0.2, -0.15) is 0 Å². The highest BCUT2D eigenvalue weighted by Crippen LogP contribution is 2.16. The van der Waals surface area contributed by atoms with E-state index >= 15 is 0 Å². The van der Waals surface area contributed by atoms with Crippen molar-refractivity contribution in [3.05, 3.63) is 46.4 Å². The van der Waals surface area contributed by atoms with E-state index in [-0.39, 0.29) is 12.1 Å². The van der Waals surface area contributed by atoms with Crippen molar-refractivity contribution in [2.75, 3.05) is 13.6 Å². The van der Waals surface area contributed by atoms with Gasteiger partial charge in [0.05, 0.1) is 17.6 Å². The van der Waals surface area contributed by atoms with Gasteiger partial charge in [0.25, 0.3) is 11.5 Å². The van der Waals surface area contributed by atoms with Crippen LogP contribution in [-0.2, 0) is 0 Å². The Bertz CT molecular complexity index is 680. The molecule has 0 spiro atoms. The number of furan rings is 1. The predicted molar refractivity (Wildman–Crippen MR) is 78.0 cm³/mol. The maximum absolute atomic E-state index is 12.2. The van der Waals surface area contributed by atoms with Crippen LogP contribution in [0.25, 0.3) is 11.5 Å². The number of amides is 1. The second-order valence-corrected chi connectivity index (χ2v) is 5.57. The summed E-state index contributed by atoms with van der Waals surface area (Å²) < 4.78 is 5.19. The molecule has 2 rings (SSSR count). The summed E-state index contributed by atoms with van der Waals surface area (Å²) >= 11 is 0. The summed E-state index contributed by atoms with van der Waals surface area (Å²) in [6.45, 7) is 3.33. The number of aromatic amines is 1. The van der Waals surface area contributed by atoms with Crippen LogP contribution in [0.15, 0.2) is 39.7 Å². The Morgan fingerprint density at radius 2 is 2.10 bits per heavy atom. The van der Waals surface area contributed by atoms with E-state index in [9.17, 15) is 14.7 Å². The van der Waals surface area contributed by atoms with E-state index in [2.05, 4.69) is 4.98 Å². The topological polar surface area (TPSA) is 86.5 Å². The molecule has 2 heterocycles. The molecular formula is C15H18N2O4. The van der Waals surface area contributed by atoms with Crippen molar-refractivity contribution in [3.63, 3.8) is 0 Å². The molecule has 0 bridgehead atoms. The van der Waals surface area contributed by atoms with Crippen molar-refractivity contribution in [3.8, 4) is 11.5 Å². The Morgan fingerprint density at radius 3 is 2.62 bits per heavy atom. The minimum atomic E-state index is -1.02. The number of H-pyrrole nitrogens is 1. The standard InChI is InChI=1S/C15H18N2O4/c1-15(2,20)9-17(3)14(19)10-6-7-11(16-13(10)18)12-5-4-8-21-12/h4-8,20H,9H2,1-3H3,(H,16,18). The second-order valence-electron chi connectivity index (χ2n) is 5.57. The van der Waals surface area contributed by atoms with Crippen molar-refractivity contribution in [2.24, 2.45) is 0 Å². The van der Waals surface area contributed by atoms with Gasteiger partial charge in [-0.15, -0.1) is 0 Å². The molecule has 6 nitrogen and oxygen atoms in total. The number of nitrogens with one attached hydrogen (secondary N) is 1. The number of aromatic nitrogens is 1. The first-order valence-electron chi connectivity index (χ1n) is 6.53. The Hall–Kier alpha value is -2.34. The van der Waals surface area contributed by atoms with Gasteiger partial charge in [0.1, 0.15) is 11.3 Å². The van der Waals surface area contributed by atoms with Crippen LogP contribution in [0.4, 0.5) is 0 Å². The first kappa shape index (κ1) is 15.1. The third-order valence-corrected chi connectivity index (χ3v) is 2.90. The minimum Gasteiger partial charge on any atom is -0.463 e. The summed E-state index contributed by atoms with van der Waals surface area (Å²) in [6, 6.07) is 6.50. The Kier molecular flexibility index (Phi) is 3.99. The second kappa shape index (κ2) is 5.57. The fourth-order valence-corrected chi connectivity index (χ4v) is 2.08. The lowest BCUT2D eigenvalue weighted by Crippen LogP contribution is -2.41. The highest BCUT2D eigenvalue weighted by molar-refractivity contribution is 5.93. The SMILES string of the molecule is CN(CC(C)(C)O)C(=O)c1ccc(-c2ccco2)[nH]c1=O. The minimum absolute atomic E-state index is 0.0251. The third kappa shape index (κ3) is 3.61. The molecule has 1 amide bonds. The Labute approximate surface area is 122 Å². The molecule has 2 aromatic rings. The third-order valence-electron chi connectivity index (χ3n) is 2.90. The largest absolute Gasteiger partial charge is 0.463 e. The van der Waals surface area contributed by atoms with Crippen molar-refractivity contribution >= 4 is 5.91 Å². The van der Waals surface area contributed by atoms with E-state index in [1.54, 1.807) is 39.1 Å². The van der Waals surface area contributed by atoms with E-state index in [0.29, 0.717) is 11.5 Å². The van der Waals surface area contributed by atoms with Crippen LogP contribution in [0, 0.1) is 0 Å². The van der Waals surface area contributed by atoms with E-state index in [1.165, 1.54) is 17.2 Å². The van der Waals surface area contributed by atoms with Crippen LogP contribution >= 0.6 is 0 Å². The van der Waals surface area contributed by atoms with Crippen LogP contribution in [0.2, 0.25) is 0 Å². The fourth-order valence-electron chi connectivity index (χ4n) is 2.08.